The van der Waals surface area contributed by atoms with E-state index in [2.05, 4.69) is 10.5 Å². The Morgan fingerprint density at radius 3 is 2.67 bits per heavy atom. The maximum absolute atomic E-state index is 13.1. The number of anilines is 1. The van der Waals surface area contributed by atoms with Gasteiger partial charge in [-0.1, -0.05) is 6.07 Å². The number of nitrogens with one attached hydrogen (secondary N) is 1. The smallest absolute Gasteiger partial charge is 0.237 e. The Bertz CT molecular complexity index is 463. The molecule has 1 N–H and O–H groups in total. The van der Waals surface area contributed by atoms with Crippen molar-refractivity contribution in [2.24, 2.45) is 5.10 Å². The van der Waals surface area contributed by atoms with Crippen molar-refractivity contribution in [3.8, 4) is 12.1 Å². The van der Waals surface area contributed by atoms with Crippen LogP contribution in [0.5, 0.6) is 0 Å². The molecule has 0 aliphatic rings. The number of hydrogen-bond donors (Lipinski definition) is 1. The number of aryl methyl sites for hydroxylation is 1. The molecule has 15 heavy (non-hydrogen) atoms. The zero-order chi connectivity index (χ0) is 11.3. The van der Waals surface area contributed by atoms with Gasteiger partial charge in [0.15, 0.2) is 0 Å². The van der Waals surface area contributed by atoms with Crippen LogP contribution in [0, 0.1) is 35.4 Å². The summed E-state index contributed by atoms with van der Waals surface area (Å²) in [6, 6.07) is 7.55. The fourth-order valence-electron chi connectivity index (χ4n) is 0.916. The predicted octanol–water partition coefficient (Wildman–Crippen LogP) is 1.95. The third kappa shape index (κ3) is 2.78. The lowest BCUT2D eigenvalue weighted by Gasteiger charge is -2.02. The minimum atomic E-state index is -0.487. The van der Waals surface area contributed by atoms with Crippen molar-refractivity contribution in [2.45, 2.75) is 6.92 Å². The van der Waals surface area contributed by atoms with Gasteiger partial charge < -0.3 is 0 Å². The molecule has 0 aliphatic heterocycles. The quantitative estimate of drug-likeness (QED) is 0.588. The Morgan fingerprint density at radius 1 is 1.40 bits per heavy atom. The average molecular weight is 202 g/mol. The van der Waals surface area contributed by atoms with Crippen molar-refractivity contribution in [1.82, 2.24) is 0 Å². The van der Waals surface area contributed by atoms with E-state index in [-0.39, 0.29) is 11.4 Å². The first-order valence-electron chi connectivity index (χ1n) is 4.07. The monoisotopic (exact) mass is 202 g/mol. The highest BCUT2D eigenvalue weighted by Gasteiger charge is 2.01. The lowest BCUT2D eigenvalue weighted by atomic mass is 10.2. The van der Waals surface area contributed by atoms with Crippen molar-refractivity contribution in [1.29, 1.82) is 10.5 Å². The standard InChI is InChI=1S/C10H7FN4/c1-7-2-3-9(11)10(4-7)15-14-8(5-12)6-13/h2-4,15H,1H3. The third-order valence-electron chi connectivity index (χ3n) is 1.62. The molecule has 0 heterocycles. The minimum Gasteiger partial charge on any atom is -0.274 e. The SMILES string of the molecule is Cc1ccc(F)c(NN=C(C#N)C#N)c1. The molecule has 0 saturated carbocycles. The van der Waals surface area contributed by atoms with Crippen LogP contribution in [-0.2, 0) is 0 Å². The van der Waals surface area contributed by atoms with Gasteiger partial charge in [-0.3, -0.25) is 5.43 Å². The molecule has 0 atom stereocenters. The van der Waals surface area contributed by atoms with E-state index in [4.69, 9.17) is 10.5 Å². The summed E-state index contributed by atoms with van der Waals surface area (Å²) in [4.78, 5) is 0. The predicted molar refractivity (Wildman–Crippen MR) is 53.4 cm³/mol. The van der Waals surface area contributed by atoms with Crippen LogP contribution in [0.25, 0.3) is 0 Å². The molecule has 0 radical (unpaired) electrons. The lowest BCUT2D eigenvalue weighted by Crippen LogP contribution is -1.98. The summed E-state index contributed by atoms with van der Waals surface area (Å²) < 4.78 is 13.1. The van der Waals surface area contributed by atoms with E-state index < -0.39 is 5.82 Å². The van der Waals surface area contributed by atoms with E-state index in [0.717, 1.165) is 5.56 Å². The lowest BCUT2D eigenvalue weighted by molar-refractivity contribution is 0.630. The van der Waals surface area contributed by atoms with Crippen molar-refractivity contribution in [3.63, 3.8) is 0 Å². The van der Waals surface area contributed by atoms with Crippen LogP contribution >= 0.6 is 0 Å². The Hall–Kier alpha value is -2.40. The molecule has 1 aromatic carbocycles. The highest BCUT2D eigenvalue weighted by atomic mass is 19.1. The fraction of sp³-hybridized carbons (Fsp3) is 0.100. The van der Waals surface area contributed by atoms with Gasteiger partial charge >= 0.3 is 0 Å². The van der Waals surface area contributed by atoms with E-state index in [0.29, 0.717) is 0 Å². The maximum Gasteiger partial charge on any atom is 0.237 e. The number of rotatable bonds is 2. The molecule has 0 unspecified atom stereocenters. The average Bonchev–Trinajstić information content (AvgIpc) is 2.24. The summed E-state index contributed by atoms with van der Waals surface area (Å²) in [5.41, 5.74) is 2.96. The van der Waals surface area contributed by atoms with Gasteiger partial charge in [0.2, 0.25) is 5.71 Å². The number of nitriles is 2. The van der Waals surface area contributed by atoms with Gasteiger partial charge in [-0.05, 0) is 24.6 Å². The molecule has 4 nitrogen and oxygen atoms in total. The van der Waals surface area contributed by atoms with Gasteiger partial charge in [0.05, 0.1) is 5.69 Å². The molecule has 0 aliphatic carbocycles. The Labute approximate surface area is 86.3 Å². The van der Waals surface area contributed by atoms with Gasteiger partial charge in [-0.25, -0.2) is 4.39 Å². The van der Waals surface area contributed by atoms with E-state index in [1.54, 1.807) is 25.1 Å². The molecular weight excluding hydrogens is 195 g/mol. The van der Waals surface area contributed by atoms with Crippen LogP contribution in [0.3, 0.4) is 0 Å². The van der Waals surface area contributed by atoms with Crippen molar-refractivity contribution in [3.05, 3.63) is 29.6 Å². The van der Waals surface area contributed by atoms with Crippen molar-refractivity contribution >= 4 is 11.4 Å². The fourth-order valence-corrected chi connectivity index (χ4v) is 0.916. The second-order valence-electron chi connectivity index (χ2n) is 2.78. The van der Waals surface area contributed by atoms with Crippen LogP contribution in [0.4, 0.5) is 10.1 Å². The first kappa shape index (κ1) is 10.7. The highest BCUT2D eigenvalue weighted by Crippen LogP contribution is 2.15. The van der Waals surface area contributed by atoms with Crippen molar-refractivity contribution in [2.75, 3.05) is 5.43 Å². The summed E-state index contributed by atoms with van der Waals surface area (Å²) in [5, 5.41) is 20.2. The van der Waals surface area contributed by atoms with Gasteiger partial charge in [0, 0.05) is 0 Å². The number of benzene rings is 1. The molecule has 0 fully saturated rings. The minimum absolute atomic E-state index is 0.137. The van der Waals surface area contributed by atoms with E-state index >= 15 is 0 Å². The molecule has 0 spiro atoms. The molecule has 0 bridgehead atoms. The number of halogens is 1. The van der Waals surface area contributed by atoms with Crippen LogP contribution in [0.2, 0.25) is 0 Å². The van der Waals surface area contributed by atoms with Crippen LogP contribution in [0.1, 0.15) is 5.56 Å². The largest absolute Gasteiger partial charge is 0.274 e. The topological polar surface area (TPSA) is 72.0 Å². The summed E-state index contributed by atoms with van der Waals surface area (Å²) >= 11 is 0. The molecule has 1 aromatic rings. The Kier molecular flexibility index (Phi) is 3.37. The van der Waals surface area contributed by atoms with Crippen LogP contribution in [-0.4, -0.2) is 5.71 Å². The summed E-state index contributed by atoms with van der Waals surface area (Å²) in [7, 11) is 0. The highest BCUT2D eigenvalue weighted by molar-refractivity contribution is 6.10. The molecule has 5 heteroatoms. The first-order chi connectivity index (χ1) is 7.17. The maximum atomic E-state index is 13.1. The number of hydrazone groups is 1. The molecule has 74 valence electrons. The van der Waals surface area contributed by atoms with Gasteiger partial charge in [-0.15, -0.1) is 0 Å². The Morgan fingerprint density at radius 2 is 2.07 bits per heavy atom. The van der Waals surface area contributed by atoms with Crippen LogP contribution < -0.4 is 5.43 Å². The number of hydrogen-bond acceptors (Lipinski definition) is 4. The summed E-state index contributed by atoms with van der Waals surface area (Å²) in [6.45, 7) is 1.80. The zero-order valence-electron chi connectivity index (χ0n) is 7.95. The second-order valence-corrected chi connectivity index (χ2v) is 2.78. The van der Waals surface area contributed by atoms with Gasteiger partial charge in [-0.2, -0.15) is 15.6 Å². The summed E-state index contributed by atoms with van der Waals surface area (Å²) in [6.07, 6.45) is 0. The molecule has 0 aromatic heterocycles. The van der Waals surface area contributed by atoms with E-state index in [1.165, 1.54) is 12.1 Å². The molecule has 0 saturated heterocycles. The molecule has 0 amide bonds. The van der Waals surface area contributed by atoms with Gasteiger partial charge in [0.25, 0.3) is 0 Å². The van der Waals surface area contributed by atoms with Crippen LogP contribution in [0.15, 0.2) is 23.3 Å². The first-order valence-corrected chi connectivity index (χ1v) is 4.07. The second kappa shape index (κ2) is 4.73. The van der Waals surface area contributed by atoms with E-state index in [1.807, 2.05) is 0 Å². The molecular formula is C10H7FN4. The zero-order valence-corrected chi connectivity index (χ0v) is 7.95. The third-order valence-corrected chi connectivity index (χ3v) is 1.62. The molecule has 1 rings (SSSR count). The number of nitrogens with zero attached hydrogens (tertiary/aromatic N) is 3. The van der Waals surface area contributed by atoms with Crippen molar-refractivity contribution < 1.29 is 4.39 Å². The van der Waals surface area contributed by atoms with E-state index in [9.17, 15) is 4.39 Å². The normalized spacial score (nSPS) is 8.53. The summed E-state index contributed by atoms with van der Waals surface area (Å²) in [5.74, 6) is -0.487. The van der Waals surface area contributed by atoms with Gasteiger partial charge in [0.1, 0.15) is 18.0 Å². The Balaban J connectivity index is 2.92.